The maximum atomic E-state index is 15.0. The second kappa shape index (κ2) is 28.4. The summed E-state index contributed by atoms with van der Waals surface area (Å²) in [5.74, 6) is -3.46. The van der Waals surface area contributed by atoms with E-state index in [4.69, 9.17) is 27.1 Å². The van der Waals surface area contributed by atoms with Crippen molar-refractivity contribution in [3.05, 3.63) is 86.9 Å². The van der Waals surface area contributed by atoms with Crippen molar-refractivity contribution < 1.29 is 81.6 Å². The maximum absolute atomic E-state index is 15.0. The van der Waals surface area contributed by atoms with E-state index in [-0.39, 0.29) is 106 Å². The number of nitrogens with one attached hydrogen (secondary N) is 4. The van der Waals surface area contributed by atoms with Gasteiger partial charge in [0.25, 0.3) is 5.56 Å². The van der Waals surface area contributed by atoms with Crippen LogP contribution in [0.1, 0.15) is 114 Å². The zero-order chi connectivity index (χ0) is 55.4. The fourth-order valence-electron chi connectivity index (χ4n) is 9.47. The third kappa shape index (κ3) is 14.9. The topological polar surface area (TPSA) is 267 Å². The number of hydrogen-bond donors (Lipinski definition) is 5. The third-order valence-electron chi connectivity index (χ3n) is 14.1. The summed E-state index contributed by atoms with van der Waals surface area (Å²) in [6.45, 7) is 13.5. The maximum Gasteiger partial charge on any atom is 0.343 e. The summed E-state index contributed by atoms with van der Waals surface area (Å²) in [6.07, 6.45) is 12.4. The predicted molar refractivity (Wildman–Crippen MR) is 286 cm³/mol. The molecule has 0 unspecified atom stereocenters. The van der Waals surface area contributed by atoms with Crippen molar-refractivity contribution in [2.24, 2.45) is 5.92 Å². The molecule has 24 heteroatoms. The number of nitrogens with zero attached hydrogens (tertiary/aromatic N) is 8. The third-order valence-corrected chi connectivity index (χ3v) is 14.3. The van der Waals surface area contributed by atoms with E-state index in [0.717, 1.165) is 38.9 Å². The van der Waals surface area contributed by atoms with Crippen LogP contribution in [-0.4, -0.2) is 126 Å². The molecule has 0 fully saturated rings. The molecule has 1 radical (unpaired) electrons. The van der Waals surface area contributed by atoms with Gasteiger partial charge in [0.05, 0.1) is 48.4 Å². The molecular weight excluding hydrogens is 1170 g/mol. The molecule has 7 rings (SSSR count). The Morgan fingerprint density at radius 1 is 0.974 bits per heavy atom. The summed E-state index contributed by atoms with van der Waals surface area (Å²) < 4.78 is 29.1. The molecule has 78 heavy (non-hydrogen) atoms. The molecule has 4 amide bonds. The zero-order valence-corrected chi connectivity index (χ0v) is 47.7. The number of aryl methyl sites for hydroxylation is 2. The number of cyclic esters (lactones) is 1. The summed E-state index contributed by atoms with van der Waals surface area (Å²) in [4.78, 5) is 95.2. The van der Waals surface area contributed by atoms with Gasteiger partial charge in [-0.15, -0.1) is 5.10 Å². The Hall–Kier alpha value is -5.79. The number of aliphatic hydroxyl groups is 1. The number of ether oxygens (including phenoxy) is 2. The molecular formula is C54H68FN12O9STb-. The molecule has 3 atom stereocenters. The second-order valence-corrected chi connectivity index (χ2v) is 20.0. The van der Waals surface area contributed by atoms with Crippen LogP contribution in [0.3, 0.4) is 0 Å². The first kappa shape index (κ1) is 61.4. The van der Waals surface area contributed by atoms with E-state index in [9.17, 15) is 38.3 Å². The molecule has 2 aliphatic rings. The number of halogens is 1. The Morgan fingerprint density at radius 2 is 1.73 bits per heavy atom. The molecule has 21 nitrogen and oxygen atoms in total. The minimum Gasteiger partial charge on any atom is -0.740 e. The fraction of sp³-hybridized carbons (Fsp3) is 0.500. The fourth-order valence-corrected chi connectivity index (χ4v) is 9.57. The van der Waals surface area contributed by atoms with Gasteiger partial charge in [-0.3, -0.25) is 38.6 Å². The Labute approximate surface area is 488 Å². The van der Waals surface area contributed by atoms with Gasteiger partial charge in [0.2, 0.25) is 23.6 Å². The normalized spacial score (nSPS) is 15.3. The predicted octanol–water partition coefficient (Wildman–Crippen LogP) is 4.10. The van der Waals surface area contributed by atoms with E-state index in [1.54, 1.807) is 61.4 Å². The largest absolute Gasteiger partial charge is 0.740 e. The average Bonchev–Trinajstić information content (AvgIpc) is 4.21. The molecule has 0 bridgehead atoms. The SMILES string of the molecule is CCN(CC)CCCC[C@H](NC(=O)[C@@H](NC(=O)CCCCCn1cc(-c2cnc([S-])nc2)nn1)C(C)C)C(=O)NCC(=O)NCOC/C=C/c1c2c(nc3cc(F)c(C)cc13)-c1cc3c(c(=O)n1C2)COC(=O)[C@]3(O)CC.[Tb]. The molecule has 421 valence electrons. The molecule has 5 aromatic rings. The van der Waals surface area contributed by atoms with Crippen molar-refractivity contribution in [3.63, 3.8) is 0 Å². The minimum atomic E-state index is -2.01. The van der Waals surface area contributed by atoms with Crippen LogP contribution < -0.4 is 26.8 Å². The summed E-state index contributed by atoms with van der Waals surface area (Å²) in [5, 5.41) is 31.5. The van der Waals surface area contributed by atoms with Crippen molar-refractivity contribution >= 4 is 59.2 Å². The molecule has 0 saturated carbocycles. The number of benzene rings is 1. The minimum absolute atomic E-state index is 0. The van der Waals surface area contributed by atoms with Crippen LogP contribution in [0.25, 0.3) is 39.6 Å². The number of pyridine rings is 2. The Morgan fingerprint density at radius 3 is 2.45 bits per heavy atom. The van der Waals surface area contributed by atoms with Crippen LogP contribution in [0.15, 0.2) is 52.8 Å². The standard InChI is InChI=1S/C54H69FN12O9S.Tb/c1-7-54(74)39-23-44-48-37(28-67(44)51(72)38(39)30-76-52(54)73)35(36-22-33(6)40(55)24-42(36)60-48)16-15-21-75-31-59-46(69)27-56-49(70)41(17-12-14-19-65(8-2)9-3)61-50(71)47(32(4)5)62-45(68)18-11-10-13-20-66-29-43(63-64-66)34-25-57-53(77)58-26-34;/h15-16,22-26,29,32,41,47,74H,7-14,17-21,27-28,30-31H2,1-6H3,(H,56,70)(H,59,69)(H,61,71)(H,62,68)(H,57,58,77);/p-1/b16-15+;/t41-,47-,54-;/m0./s1. The van der Waals surface area contributed by atoms with Gasteiger partial charge in [-0.05, 0) is 94.3 Å². The first-order valence-corrected chi connectivity index (χ1v) is 26.7. The van der Waals surface area contributed by atoms with Crippen molar-refractivity contribution in [1.29, 1.82) is 0 Å². The van der Waals surface area contributed by atoms with E-state index in [2.05, 4.69) is 60.3 Å². The zero-order valence-electron chi connectivity index (χ0n) is 44.8. The Kier molecular flexibility index (Phi) is 22.3. The summed E-state index contributed by atoms with van der Waals surface area (Å²) in [7, 11) is 0. The molecule has 6 heterocycles. The van der Waals surface area contributed by atoms with Gasteiger partial charge in [0.1, 0.15) is 36.9 Å². The summed E-state index contributed by atoms with van der Waals surface area (Å²) in [5.41, 5.74) is 2.09. The van der Waals surface area contributed by atoms with E-state index >= 15 is 0 Å². The molecule has 5 N–H and O–H groups in total. The number of unbranched alkanes of at least 4 members (excludes halogenated alkanes) is 3. The van der Waals surface area contributed by atoms with Crippen molar-refractivity contribution in [2.75, 3.05) is 39.5 Å². The number of carbonyl (C=O) groups is 5. The van der Waals surface area contributed by atoms with E-state index in [1.165, 1.54) is 10.6 Å². The van der Waals surface area contributed by atoms with Gasteiger partial charge in [0.15, 0.2) is 5.60 Å². The van der Waals surface area contributed by atoms with Crippen LogP contribution in [0.5, 0.6) is 0 Å². The number of fused-ring (bicyclic) bond motifs is 5. The van der Waals surface area contributed by atoms with Crippen LogP contribution in [0.4, 0.5) is 4.39 Å². The first-order chi connectivity index (χ1) is 37.0. The van der Waals surface area contributed by atoms with Crippen molar-refractivity contribution in [1.82, 2.24) is 60.7 Å². The average molecular weight is 1240 g/mol. The summed E-state index contributed by atoms with van der Waals surface area (Å²) in [6, 6.07) is 2.72. The smallest absolute Gasteiger partial charge is 0.343 e. The molecule has 2 aliphatic heterocycles. The van der Waals surface area contributed by atoms with Crippen LogP contribution in [0, 0.1) is 57.3 Å². The molecule has 0 saturated heterocycles. The molecule has 1 aromatic carbocycles. The van der Waals surface area contributed by atoms with Crippen LogP contribution in [-0.2, 0) is 71.4 Å². The van der Waals surface area contributed by atoms with Crippen LogP contribution in [0.2, 0.25) is 0 Å². The quantitative estimate of drug-likeness (QED) is 0.0160. The van der Waals surface area contributed by atoms with E-state index < -0.39 is 59.3 Å². The first-order valence-electron chi connectivity index (χ1n) is 26.3. The van der Waals surface area contributed by atoms with E-state index in [1.807, 2.05) is 13.8 Å². The number of carbonyl (C=O) groups excluding carboxylic acids is 5. The van der Waals surface area contributed by atoms with Gasteiger partial charge in [-0.2, -0.15) is 0 Å². The second-order valence-electron chi connectivity index (χ2n) is 19.6. The Bertz CT molecular complexity index is 3060. The van der Waals surface area contributed by atoms with Gasteiger partial charge in [-0.25, -0.2) is 14.2 Å². The van der Waals surface area contributed by atoms with Crippen LogP contribution >= 0.6 is 0 Å². The summed E-state index contributed by atoms with van der Waals surface area (Å²) >= 11 is 4.95. The monoisotopic (exact) mass is 1240 g/mol. The van der Waals surface area contributed by atoms with Gasteiger partial charge in [0, 0.05) is 97.3 Å². The number of hydrogen-bond acceptors (Lipinski definition) is 16. The number of aromatic nitrogens is 7. The number of rotatable bonds is 27. The molecule has 0 spiro atoms. The number of amides is 4. The Balaban J connectivity index is 0.00000984. The van der Waals surface area contributed by atoms with Gasteiger partial charge < -0.3 is 57.9 Å². The van der Waals surface area contributed by atoms with Crippen molar-refractivity contribution in [3.8, 4) is 22.6 Å². The van der Waals surface area contributed by atoms with Gasteiger partial charge >= 0.3 is 5.97 Å². The van der Waals surface area contributed by atoms with Gasteiger partial charge in [-0.1, -0.05) is 58.4 Å². The molecule has 4 aromatic heterocycles. The van der Waals surface area contributed by atoms with E-state index in [0.29, 0.717) is 76.0 Å². The van der Waals surface area contributed by atoms with Crippen molar-refractivity contribution in [2.45, 2.75) is 135 Å². The number of esters is 1. The molecule has 0 aliphatic carbocycles.